The number of aryl methyl sites for hydroxylation is 2. The highest BCUT2D eigenvalue weighted by Gasteiger charge is 2.25. The van der Waals surface area contributed by atoms with Crippen LogP contribution in [0.2, 0.25) is 0 Å². The van der Waals surface area contributed by atoms with Gasteiger partial charge < -0.3 is 15.3 Å². The minimum atomic E-state index is 0.281. The molecule has 2 N–H and O–H groups in total. The summed E-state index contributed by atoms with van der Waals surface area (Å²) in [5, 5.41) is 13.0. The standard InChI is InChI=1S/C22H32N6O/c1-2-4-21-24-12-17(13-25-21)11-23-19-5-3-6-20-18(19)14-26-22(27-20)28-9-7-16(15-29)8-10-28/h12-14,16,19,23,29H,2-11,15H2,1H3. The molecule has 1 saturated heterocycles. The molecule has 2 aliphatic rings. The van der Waals surface area contributed by atoms with Crippen molar-refractivity contribution in [3.05, 3.63) is 41.2 Å². The van der Waals surface area contributed by atoms with Crippen LogP contribution in [0, 0.1) is 5.92 Å². The second kappa shape index (κ2) is 9.59. The number of rotatable bonds is 7. The predicted octanol–water partition coefficient (Wildman–Crippen LogP) is 2.60. The van der Waals surface area contributed by atoms with Gasteiger partial charge in [0.05, 0.1) is 5.69 Å². The molecule has 0 radical (unpaired) electrons. The number of nitrogens with one attached hydrogen (secondary N) is 1. The van der Waals surface area contributed by atoms with E-state index in [4.69, 9.17) is 9.97 Å². The quantitative estimate of drug-likeness (QED) is 0.744. The number of anilines is 1. The third-order valence-corrected chi connectivity index (χ3v) is 6.11. The van der Waals surface area contributed by atoms with E-state index in [9.17, 15) is 5.11 Å². The number of nitrogens with zero attached hydrogens (tertiary/aromatic N) is 5. The fraction of sp³-hybridized carbons (Fsp3) is 0.636. The summed E-state index contributed by atoms with van der Waals surface area (Å²) in [6, 6.07) is 0.281. The molecule has 0 aromatic carbocycles. The van der Waals surface area contributed by atoms with Gasteiger partial charge in [-0.05, 0) is 44.4 Å². The van der Waals surface area contributed by atoms with E-state index in [1.54, 1.807) is 0 Å². The number of hydrogen-bond acceptors (Lipinski definition) is 7. The highest BCUT2D eigenvalue weighted by Crippen LogP contribution is 2.30. The maximum absolute atomic E-state index is 9.34. The van der Waals surface area contributed by atoms with Gasteiger partial charge in [0.15, 0.2) is 0 Å². The molecule has 0 saturated carbocycles. The second-order valence-corrected chi connectivity index (χ2v) is 8.27. The SMILES string of the molecule is CCCc1ncc(CNC2CCCc3nc(N4CCC(CO)CC4)ncc32)cn1. The van der Waals surface area contributed by atoms with Gasteiger partial charge in [-0.15, -0.1) is 0 Å². The van der Waals surface area contributed by atoms with Crippen molar-refractivity contribution in [2.75, 3.05) is 24.6 Å². The Morgan fingerprint density at radius 2 is 1.90 bits per heavy atom. The molecule has 29 heavy (non-hydrogen) atoms. The minimum Gasteiger partial charge on any atom is -0.396 e. The van der Waals surface area contributed by atoms with Crippen molar-refractivity contribution in [1.29, 1.82) is 0 Å². The summed E-state index contributed by atoms with van der Waals surface area (Å²) in [4.78, 5) is 20.8. The lowest BCUT2D eigenvalue weighted by molar-refractivity contribution is 0.202. The molecule has 7 heteroatoms. The number of piperidine rings is 1. The lowest BCUT2D eigenvalue weighted by atomic mass is 9.92. The van der Waals surface area contributed by atoms with Crippen molar-refractivity contribution >= 4 is 5.95 Å². The van der Waals surface area contributed by atoms with Crippen molar-refractivity contribution in [1.82, 2.24) is 25.3 Å². The number of hydrogen-bond donors (Lipinski definition) is 2. The number of fused-ring (bicyclic) bond motifs is 1. The average molecular weight is 397 g/mol. The summed E-state index contributed by atoms with van der Waals surface area (Å²) in [7, 11) is 0. The zero-order valence-electron chi connectivity index (χ0n) is 17.3. The van der Waals surface area contributed by atoms with Crippen molar-refractivity contribution in [3.8, 4) is 0 Å². The van der Waals surface area contributed by atoms with Crippen LogP contribution < -0.4 is 10.2 Å². The second-order valence-electron chi connectivity index (χ2n) is 8.27. The Labute approximate surface area is 173 Å². The van der Waals surface area contributed by atoms with Crippen LogP contribution in [0.15, 0.2) is 18.6 Å². The zero-order valence-corrected chi connectivity index (χ0v) is 17.3. The Morgan fingerprint density at radius 1 is 1.10 bits per heavy atom. The molecule has 156 valence electrons. The van der Waals surface area contributed by atoms with E-state index in [1.807, 2.05) is 18.6 Å². The van der Waals surface area contributed by atoms with E-state index in [0.29, 0.717) is 12.5 Å². The summed E-state index contributed by atoms with van der Waals surface area (Å²) < 4.78 is 0. The van der Waals surface area contributed by atoms with Gasteiger partial charge in [0.1, 0.15) is 5.82 Å². The highest BCUT2D eigenvalue weighted by molar-refractivity contribution is 5.36. The van der Waals surface area contributed by atoms with Crippen LogP contribution >= 0.6 is 0 Å². The molecule has 3 heterocycles. The number of aliphatic hydroxyl groups excluding tert-OH is 1. The number of aliphatic hydroxyl groups is 1. The van der Waals surface area contributed by atoms with Gasteiger partial charge in [-0.1, -0.05) is 6.92 Å². The van der Waals surface area contributed by atoms with Crippen LogP contribution in [0.3, 0.4) is 0 Å². The summed E-state index contributed by atoms with van der Waals surface area (Å²) >= 11 is 0. The average Bonchev–Trinajstić information content (AvgIpc) is 2.78. The third kappa shape index (κ3) is 4.90. The van der Waals surface area contributed by atoms with Crippen LogP contribution in [-0.4, -0.2) is 44.7 Å². The largest absolute Gasteiger partial charge is 0.396 e. The van der Waals surface area contributed by atoms with Crippen molar-refractivity contribution in [2.24, 2.45) is 5.92 Å². The summed E-state index contributed by atoms with van der Waals surface area (Å²) in [6.07, 6.45) is 13.2. The van der Waals surface area contributed by atoms with E-state index in [1.165, 1.54) is 11.3 Å². The van der Waals surface area contributed by atoms with Gasteiger partial charge in [0.25, 0.3) is 0 Å². The Hall–Kier alpha value is -2.12. The summed E-state index contributed by atoms with van der Waals surface area (Å²) in [5.41, 5.74) is 3.52. The van der Waals surface area contributed by atoms with E-state index < -0.39 is 0 Å². The van der Waals surface area contributed by atoms with Crippen LogP contribution in [0.4, 0.5) is 5.95 Å². The maximum atomic E-state index is 9.34. The molecule has 1 unspecified atom stereocenters. The first kappa shape index (κ1) is 20.2. The predicted molar refractivity (Wildman–Crippen MR) is 113 cm³/mol. The number of aromatic nitrogens is 4. The Morgan fingerprint density at radius 3 is 2.62 bits per heavy atom. The lowest BCUT2D eigenvalue weighted by Gasteiger charge is -2.32. The Bertz CT molecular complexity index is 788. The molecule has 1 aliphatic heterocycles. The molecule has 2 aromatic rings. The fourth-order valence-corrected chi connectivity index (χ4v) is 4.28. The molecule has 0 amide bonds. The van der Waals surface area contributed by atoms with Gasteiger partial charge in [0.2, 0.25) is 5.95 Å². The third-order valence-electron chi connectivity index (χ3n) is 6.11. The monoisotopic (exact) mass is 396 g/mol. The molecule has 4 rings (SSSR count). The normalized spacial score (nSPS) is 19.9. The van der Waals surface area contributed by atoms with Crippen molar-refractivity contribution in [2.45, 2.75) is 64.5 Å². The smallest absolute Gasteiger partial charge is 0.225 e. The van der Waals surface area contributed by atoms with E-state index in [-0.39, 0.29) is 6.04 Å². The van der Waals surface area contributed by atoms with Gasteiger partial charge in [-0.3, -0.25) is 0 Å². The lowest BCUT2D eigenvalue weighted by Crippen LogP contribution is -2.36. The Balaban J connectivity index is 1.39. The molecule has 1 aliphatic carbocycles. The first-order valence-electron chi connectivity index (χ1n) is 11.0. The van der Waals surface area contributed by atoms with Gasteiger partial charge in [-0.25, -0.2) is 19.9 Å². The molecular weight excluding hydrogens is 364 g/mol. The molecule has 0 bridgehead atoms. The maximum Gasteiger partial charge on any atom is 0.225 e. The fourth-order valence-electron chi connectivity index (χ4n) is 4.28. The summed E-state index contributed by atoms with van der Waals surface area (Å²) in [6.45, 7) is 5.05. The van der Waals surface area contributed by atoms with Crippen LogP contribution in [0.1, 0.15) is 67.7 Å². The first-order valence-corrected chi connectivity index (χ1v) is 11.0. The summed E-state index contributed by atoms with van der Waals surface area (Å²) in [5.74, 6) is 2.20. The van der Waals surface area contributed by atoms with E-state index >= 15 is 0 Å². The van der Waals surface area contributed by atoms with Gasteiger partial charge >= 0.3 is 0 Å². The highest BCUT2D eigenvalue weighted by atomic mass is 16.3. The molecule has 1 atom stereocenters. The van der Waals surface area contributed by atoms with E-state index in [0.717, 1.165) is 81.9 Å². The zero-order chi connectivity index (χ0) is 20.1. The first-order chi connectivity index (χ1) is 14.3. The van der Waals surface area contributed by atoms with Crippen molar-refractivity contribution in [3.63, 3.8) is 0 Å². The van der Waals surface area contributed by atoms with E-state index in [2.05, 4.69) is 27.1 Å². The minimum absolute atomic E-state index is 0.281. The van der Waals surface area contributed by atoms with Crippen LogP contribution in [0.5, 0.6) is 0 Å². The van der Waals surface area contributed by atoms with Crippen LogP contribution in [0.25, 0.3) is 0 Å². The van der Waals surface area contributed by atoms with Crippen LogP contribution in [-0.2, 0) is 19.4 Å². The molecule has 1 fully saturated rings. The molecule has 0 spiro atoms. The topological polar surface area (TPSA) is 87.1 Å². The molecule has 2 aromatic heterocycles. The molecule has 7 nitrogen and oxygen atoms in total. The van der Waals surface area contributed by atoms with Gasteiger partial charge in [0, 0.05) is 68.4 Å². The van der Waals surface area contributed by atoms with Gasteiger partial charge in [-0.2, -0.15) is 0 Å². The Kier molecular flexibility index (Phi) is 6.67. The molecular formula is C22H32N6O. The van der Waals surface area contributed by atoms with Crippen molar-refractivity contribution < 1.29 is 5.11 Å².